The Labute approximate surface area is 67.4 Å². The Kier molecular flexibility index (Phi) is 1.70. The number of rotatable bonds is 2. The second-order valence-electron chi connectivity index (χ2n) is 3.25. The lowest BCUT2D eigenvalue weighted by Gasteiger charge is -2.28. The van der Waals surface area contributed by atoms with Crippen LogP contribution in [0.15, 0.2) is 0 Å². The number of hydrogen-bond donors (Lipinski definition) is 0. The van der Waals surface area contributed by atoms with Gasteiger partial charge >= 0.3 is 0 Å². The summed E-state index contributed by atoms with van der Waals surface area (Å²) in [5, 5.41) is 0. The summed E-state index contributed by atoms with van der Waals surface area (Å²) in [5.74, 6) is 0. The van der Waals surface area contributed by atoms with Crippen LogP contribution in [0.2, 0.25) is 0 Å². The zero-order valence-electron chi connectivity index (χ0n) is 6.58. The molecule has 2 radical (unpaired) electrons. The summed E-state index contributed by atoms with van der Waals surface area (Å²) >= 11 is 0. The summed E-state index contributed by atoms with van der Waals surface area (Å²) in [6.45, 7) is 1.20. The first-order valence-electron chi connectivity index (χ1n) is 3.80. The average Bonchev–Trinajstić information content (AvgIpc) is 2.44. The van der Waals surface area contributed by atoms with E-state index in [9.17, 15) is 0 Å². The number of methoxy groups -OCH3 is 1. The second kappa shape index (κ2) is 2.47. The lowest BCUT2D eigenvalue weighted by Crippen LogP contribution is -2.40. The van der Waals surface area contributed by atoms with Crippen molar-refractivity contribution in [3.05, 3.63) is 0 Å². The Morgan fingerprint density at radius 2 is 2.55 bits per heavy atom. The molecule has 2 fully saturated rings. The first-order chi connectivity index (χ1) is 5.26. The number of ether oxygens (including phenoxy) is 3. The van der Waals surface area contributed by atoms with E-state index in [-0.39, 0.29) is 17.7 Å². The summed E-state index contributed by atoms with van der Waals surface area (Å²) in [5.41, 5.74) is -0.237. The quantitative estimate of drug-likeness (QED) is 0.510. The van der Waals surface area contributed by atoms with E-state index in [1.165, 1.54) is 0 Å². The van der Waals surface area contributed by atoms with E-state index in [2.05, 4.69) is 0 Å². The molecule has 0 aromatic carbocycles. The van der Waals surface area contributed by atoms with E-state index in [1.54, 1.807) is 7.11 Å². The van der Waals surface area contributed by atoms with Gasteiger partial charge in [-0.15, -0.1) is 0 Å². The molecule has 2 saturated heterocycles. The van der Waals surface area contributed by atoms with Gasteiger partial charge in [-0.2, -0.15) is 0 Å². The highest BCUT2D eigenvalue weighted by atomic mass is 16.6. The minimum atomic E-state index is -0.251. The van der Waals surface area contributed by atoms with Crippen molar-refractivity contribution in [3.8, 4) is 0 Å². The molecule has 0 aliphatic carbocycles. The standard InChI is InChI=1S/C7H11BO3/c1-9-3-7-2-5(10-4-7)6(8)11-7/h5-6H,2-4H2,1H3/t5-,6-,7-/m1/s1. The second-order valence-corrected chi connectivity index (χ2v) is 3.25. The van der Waals surface area contributed by atoms with Crippen LogP contribution in [0.4, 0.5) is 0 Å². The van der Waals surface area contributed by atoms with Crippen LogP contribution in [0.3, 0.4) is 0 Å². The average molecular weight is 154 g/mol. The van der Waals surface area contributed by atoms with Crippen molar-refractivity contribution < 1.29 is 14.2 Å². The molecule has 0 aromatic heterocycles. The van der Waals surface area contributed by atoms with Crippen LogP contribution in [-0.4, -0.2) is 45.9 Å². The van der Waals surface area contributed by atoms with E-state index >= 15 is 0 Å². The molecule has 60 valence electrons. The van der Waals surface area contributed by atoms with Crippen LogP contribution in [-0.2, 0) is 14.2 Å². The summed E-state index contributed by atoms with van der Waals surface area (Å²) in [7, 11) is 7.29. The predicted octanol–water partition coefficient (Wildman–Crippen LogP) is -0.315. The van der Waals surface area contributed by atoms with E-state index in [1.807, 2.05) is 0 Å². The predicted molar refractivity (Wildman–Crippen MR) is 39.6 cm³/mol. The Bertz CT molecular complexity index is 160. The number of hydrogen-bond acceptors (Lipinski definition) is 3. The van der Waals surface area contributed by atoms with Crippen molar-refractivity contribution in [3.63, 3.8) is 0 Å². The van der Waals surface area contributed by atoms with Gasteiger partial charge in [0.1, 0.15) is 13.4 Å². The van der Waals surface area contributed by atoms with Crippen molar-refractivity contribution in [2.45, 2.75) is 24.1 Å². The SMILES string of the molecule is [B][C@@H]1O[C@]2(COC)CO[C@@H]1C2. The van der Waals surface area contributed by atoms with Crippen LogP contribution in [0.1, 0.15) is 6.42 Å². The molecule has 2 aliphatic rings. The summed E-state index contributed by atoms with van der Waals surface area (Å²) in [6, 6.07) is -0.251. The molecule has 2 rings (SSSR count). The molecule has 11 heavy (non-hydrogen) atoms. The smallest absolute Gasteiger partial charge is 0.117 e. The van der Waals surface area contributed by atoms with Gasteiger partial charge in [0.25, 0.3) is 0 Å². The fourth-order valence-corrected chi connectivity index (χ4v) is 1.80. The maximum Gasteiger partial charge on any atom is 0.117 e. The first kappa shape index (κ1) is 7.59. The molecule has 0 N–H and O–H groups in total. The molecule has 2 aliphatic heterocycles. The third-order valence-electron chi connectivity index (χ3n) is 2.29. The monoisotopic (exact) mass is 154 g/mol. The van der Waals surface area contributed by atoms with Crippen molar-refractivity contribution in [2.75, 3.05) is 20.3 Å². The van der Waals surface area contributed by atoms with E-state index in [0.717, 1.165) is 6.42 Å². The van der Waals surface area contributed by atoms with Crippen LogP contribution in [0.5, 0.6) is 0 Å². The first-order valence-corrected chi connectivity index (χ1v) is 3.80. The Morgan fingerprint density at radius 1 is 1.73 bits per heavy atom. The fourth-order valence-electron chi connectivity index (χ4n) is 1.80. The van der Waals surface area contributed by atoms with Gasteiger partial charge in [-0.05, 0) is 0 Å². The minimum Gasteiger partial charge on any atom is -0.382 e. The van der Waals surface area contributed by atoms with Crippen LogP contribution in [0, 0.1) is 0 Å². The molecule has 2 bridgehead atoms. The molecular formula is C7H11BO3. The Morgan fingerprint density at radius 3 is 3.00 bits per heavy atom. The zero-order chi connectivity index (χ0) is 7.90. The van der Waals surface area contributed by atoms with Gasteiger partial charge in [-0.25, -0.2) is 0 Å². The normalized spacial score (nSPS) is 48.5. The maximum absolute atomic E-state index is 5.63. The topological polar surface area (TPSA) is 27.7 Å². The summed E-state index contributed by atoms with van der Waals surface area (Å²) < 4.78 is 15.9. The Balaban J connectivity index is 2.05. The van der Waals surface area contributed by atoms with Crippen LogP contribution < -0.4 is 0 Å². The van der Waals surface area contributed by atoms with E-state index in [4.69, 9.17) is 22.1 Å². The van der Waals surface area contributed by atoms with Gasteiger partial charge in [0, 0.05) is 19.5 Å². The third-order valence-corrected chi connectivity index (χ3v) is 2.29. The van der Waals surface area contributed by atoms with Crippen molar-refractivity contribution in [1.29, 1.82) is 0 Å². The van der Waals surface area contributed by atoms with E-state index < -0.39 is 0 Å². The molecule has 4 heteroatoms. The Hall–Kier alpha value is -0.0551. The highest BCUT2D eigenvalue weighted by molar-refractivity contribution is 6.11. The van der Waals surface area contributed by atoms with Gasteiger partial charge in [-0.1, -0.05) is 0 Å². The van der Waals surface area contributed by atoms with Crippen LogP contribution >= 0.6 is 0 Å². The molecule has 0 aromatic rings. The highest BCUT2D eigenvalue weighted by Crippen LogP contribution is 2.38. The van der Waals surface area contributed by atoms with Gasteiger partial charge in [-0.3, -0.25) is 0 Å². The zero-order valence-corrected chi connectivity index (χ0v) is 6.58. The lowest BCUT2D eigenvalue weighted by molar-refractivity contribution is -0.134. The molecule has 0 unspecified atom stereocenters. The van der Waals surface area contributed by atoms with Gasteiger partial charge in [0.05, 0.1) is 19.3 Å². The largest absolute Gasteiger partial charge is 0.382 e. The summed E-state index contributed by atoms with van der Waals surface area (Å²) in [4.78, 5) is 0. The van der Waals surface area contributed by atoms with Gasteiger partial charge in [0.2, 0.25) is 0 Å². The lowest BCUT2D eigenvalue weighted by atomic mass is 9.94. The molecule has 0 spiro atoms. The highest BCUT2D eigenvalue weighted by Gasteiger charge is 2.51. The van der Waals surface area contributed by atoms with Crippen molar-refractivity contribution >= 4 is 7.85 Å². The van der Waals surface area contributed by atoms with Gasteiger partial charge < -0.3 is 14.2 Å². The summed E-state index contributed by atoms with van der Waals surface area (Å²) in [6.07, 6.45) is 0.965. The van der Waals surface area contributed by atoms with E-state index in [0.29, 0.717) is 13.2 Å². The maximum atomic E-state index is 5.63. The fraction of sp³-hybridized carbons (Fsp3) is 1.00. The molecule has 0 amide bonds. The molecule has 3 atom stereocenters. The molecule has 2 heterocycles. The number of fused-ring (bicyclic) bond motifs is 2. The van der Waals surface area contributed by atoms with Crippen LogP contribution in [0.25, 0.3) is 0 Å². The minimum absolute atomic E-state index is 0.0881. The van der Waals surface area contributed by atoms with Crippen molar-refractivity contribution in [1.82, 2.24) is 0 Å². The third kappa shape index (κ3) is 1.09. The molecule has 0 saturated carbocycles. The van der Waals surface area contributed by atoms with Gasteiger partial charge in [0.15, 0.2) is 0 Å². The van der Waals surface area contributed by atoms with Crippen molar-refractivity contribution in [2.24, 2.45) is 0 Å². The molecule has 3 nitrogen and oxygen atoms in total. The molecular weight excluding hydrogens is 143 g/mol.